The van der Waals surface area contributed by atoms with Gasteiger partial charge in [0, 0.05) is 5.56 Å². The Balaban J connectivity index is 1.90. The van der Waals surface area contributed by atoms with E-state index in [1.54, 1.807) is 6.20 Å². The highest BCUT2D eigenvalue weighted by molar-refractivity contribution is 7.78. The molecule has 6 heteroatoms. The van der Waals surface area contributed by atoms with Crippen LogP contribution in [0.5, 0.6) is 0 Å². The van der Waals surface area contributed by atoms with Gasteiger partial charge in [0.25, 0.3) is 0 Å². The molecule has 3 rings (SSSR count). The van der Waals surface area contributed by atoms with Crippen LogP contribution in [-0.4, -0.2) is 10.1 Å². The molecular formula is C14H8N4S2. The van der Waals surface area contributed by atoms with E-state index < -0.39 is 0 Å². The summed E-state index contributed by atoms with van der Waals surface area (Å²) in [7, 11) is 0. The minimum absolute atomic E-state index is 0.545. The Bertz CT molecular complexity index is 787. The van der Waals surface area contributed by atoms with E-state index in [0.29, 0.717) is 10.1 Å². The van der Waals surface area contributed by atoms with Crippen molar-refractivity contribution in [2.45, 2.75) is 0 Å². The minimum atomic E-state index is 0.545. The number of rotatable bonds is 3. The first kappa shape index (κ1) is 12.7. The molecule has 0 unspecified atom stereocenters. The third kappa shape index (κ3) is 2.67. The highest BCUT2D eigenvalue weighted by atomic mass is 32.1. The number of thiocarbonyl (C=S) groups is 1. The van der Waals surface area contributed by atoms with E-state index in [0.717, 1.165) is 16.8 Å². The molecular weight excluding hydrogens is 288 g/mol. The Kier molecular flexibility index (Phi) is 3.69. The topological polar surface area (TPSA) is 50.0 Å². The van der Waals surface area contributed by atoms with Crippen LogP contribution in [-0.2, 0) is 0 Å². The lowest BCUT2D eigenvalue weighted by atomic mass is 10.2. The summed E-state index contributed by atoms with van der Waals surface area (Å²) in [5.41, 5.74) is 3.02. The summed E-state index contributed by atoms with van der Waals surface area (Å²) in [6.07, 6.45) is 1.60. The van der Waals surface area contributed by atoms with Crippen LogP contribution in [0, 0.1) is 0 Å². The maximum absolute atomic E-state index is 4.54. The van der Waals surface area contributed by atoms with Gasteiger partial charge < -0.3 is 0 Å². The lowest BCUT2D eigenvalue weighted by Gasteiger charge is -1.92. The lowest BCUT2D eigenvalue weighted by Crippen LogP contribution is -1.65. The maximum Gasteiger partial charge on any atom is 0.231 e. The van der Waals surface area contributed by atoms with E-state index in [1.807, 2.05) is 42.5 Å². The predicted octanol–water partition coefficient (Wildman–Crippen LogP) is 5.40. The molecule has 0 saturated carbocycles. The first-order chi connectivity index (χ1) is 9.86. The van der Waals surface area contributed by atoms with Crippen LogP contribution in [0.3, 0.4) is 0 Å². The van der Waals surface area contributed by atoms with Crippen molar-refractivity contribution < 1.29 is 0 Å². The van der Waals surface area contributed by atoms with E-state index in [4.69, 9.17) is 0 Å². The fourth-order valence-electron chi connectivity index (χ4n) is 1.78. The Labute approximate surface area is 124 Å². The highest BCUT2D eigenvalue weighted by Crippen LogP contribution is 2.35. The summed E-state index contributed by atoms with van der Waals surface area (Å²) >= 11 is 5.86. The molecule has 1 heterocycles. The molecule has 0 spiro atoms. The molecule has 0 aromatic carbocycles. The molecule has 0 aliphatic heterocycles. The summed E-state index contributed by atoms with van der Waals surface area (Å²) in [5.74, 6) is 0. The quantitative estimate of drug-likeness (QED) is 0.369. The molecule has 96 valence electrons. The monoisotopic (exact) mass is 296 g/mol. The molecule has 2 aliphatic rings. The van der Waals surface area contributed by atoms with Gasteiger partial charge in [-0.25, -0.2) is 4.98 Å². The third-order valence-corrected chi connectivity index (χ3v) is 3.52. The molecule has 20 heavy (non-hydrogen) atoms. The molecule has 0 fully saturated rings. The number of isothiocyanates is 1. The third-order valence-electron chi connectivity index (χ3n) is 2.65. The molecule has 1 aromatic heterocycles. The van der Waals surface area contributed by atoms with Gasteiger partial charge in [0.2, 0.25) is 5.13 Å². The van der Waals surface area contributed by atoms with E-state index >= 15 is 0 Å². The largest absolute Gasteiger partial charge is 0.231 e. The molecule has 0 bridgehead atoms. The number of hydrogen-bond donors (Lipinski definition) is 0. The van der Waals surface area contributed by atoms with Crippen LogP contribution >= 0.6 is 23.6 Å². The van der Waals surface area contributed by atoms with Crippen molar-refractivity contribution in [3.05, 3.63) is 48.7 Å². The van der Waals surface area contributed by atoms with Crippen molar-refractivity contribution in [2.24, 2.45) is 15.2 Å². The molecule has 0 radical (unpaired) electrons. The summed E-state index contributed by atoms with van der Waals surface area (Å²) in [4.78, 5) is 7.95. The summed E-state index contributed by atoms with van der Waals surface area (Å²) < 4.78 is 0. The Morgan fingerprint density at radius 3 is 2.85 bits per heavy atom. The molecule has 1 aromatic rings. The van der Waals surface area contributed by atoms with Crippen LogP contribution in [0.1, 0.15) is 0 Å². The zero-order chi connectivity index (χ0) is 13.8. The molecule has 0 saturated heterocycles. The highest BCUT2D eigenvalue weighted by Gasteiger charge is 2.07. The van der Waals surface area contributed by atoms with Gasteiger partial charge in [0.05, 0.1) is 17.0 Å². The molecule has 2 aliphatic carbocycles. The number of thiazole rings is 1. The van der Waals surface area contributed by atoms with Gasteiger partial charge in [-0.05, 0) is 23.8 Å². The molecule has 0 atom stereocenters. The Morgan fingerprint density at radius 1 is 1.05 bits per heavy atom. The van der Waals surface area contributed by atoms with Crippen LogP contribution in [0.25, 0.3) is 11.1 Å². The van der Waals surface area contributed by atoms with Crippen molar-refractivity contribution in [1.82, 2.24) is 4.98 Å². The zero-order valence-corrected chi connectivity index (χ0v) is 11.9. The minimum Gasteiger partial charge on any atom is -0.223 e. The Morgan fingerprint density at radius 2 is 1.95 bits per heavy atom. The SMILES string of the molecule is S=C=Nc1cnc(N=Nc2ccc3cccccc2-3)s1. The van der Waals surface area contributed by atoms with Crippen LogP contribution in [0.2, 0.25) is 0 Å². The van der Waals surface area contributed by atoms with Gasteiger partial charge in [0.15, 0.2) is 0 Å². The number of azo groups is 1. The first-order valence-corrected chi connectivity index (χ1v) is 7.02. The van der Waals surface area contributed by atoms with E-state index in [-0.39, 0.29) is 0 Å². The molecule has 0 N–H and O–H groups in total. The normalized spacial score (nSPS) is 10.8. The van der Waals surface area contributed by atoms with E-state index in [1.165, 1.54) is 11.3 Å². The maximum atomic E-state index is 4.54. The van der Waals surface area contributed by atoms with Crippen LogP contribution in [0.4, 0.5) is 15.8 Å². The molecule has 4 nitrogen and oxygen atoms in total. The lowest BCUT2D eigenvalue weighted by molar-refractivity contribution is 1.20. The number of fused-ring (bicyclic) bond motifs is 1. The van der Waals surface area contributed by atoms with Gasteiger partial charge in [-0.3, -0.25) is 0 Å². The summed E-state index contributed by atoms with van der Waals surface area (Å²) in [5, 5.41) is 11.9. The number of hydrogen-bond acceptors (Lipinski definition) is 6. The van der Waals surface area contributed by atoms with Gasteiger partial charge >= 0.3 is 0 Å². The standard InChI is InChI=1S/C14H8N4S2/c19-9-16-13-8-15-14(20-13)18-17-12-7-6-10-4-2-1-3-5-11(10)12/h1-8H. The van der Waals surface area contributed by atoms with Gasteiger partial charge in [-0.15, -0.1) is 10.2 Å². The Hall–Kier alpha value is -2.27. The second kappa shape index (κ2) is 5.79. The van der Waals surface area contributed by atoms with Crippen LogP contribution < -0.4 is 0 Å². The number of nitrogens with zero attached hydrogens (tertiary/aromatic N) is 4. The smallest absolute Gasteiger partial charge is 0.223 e. The van der Waals surface area contributed by atoms with Gasteiger partial charge in [-0.2, -0.15) is 4.99 Å². The van der Waals surface area contributed by atoms with Crippen LogP contribution in [0.15, 0.2) is 63.9 Å². The van der Waals surface area contributed by atoms with Crippen molar-refractivity contribution in [3.63, 3.8) is 0 Å². The number of aliphatic imine (C=N–C) groups is 1. The van der Waals surface area contributed by atoms with Gasteiger partial charge in [-0.1, -0.05) is 47.7 Å². The second-order valence-electron chi connectivity index (χ2n) is 3.88. The number of aromatic nitrogens is 1. The average molecular weight is 296 g/mol. The van der Waals surface area contributed by atoms with Gasteiger partial charge in [0.1, 0.15) is 5.00 Å². The molecule has 0 amide bonds. The van der Waals surface area contributed by atoms with Crippen molar-refractivity contribution >= 4 is 44.5 Å². The fourth-order valence-corrected chi connectivity index (χ4v) is 2.51. The van der Waals surface area contributed by atoms with E-state index in [9.17, 15) is 0 Å². The average Bonchev–Trinajstić information content (AvgIpc) is 2.98. The second-order valence-corrected chi connectivity index (χ2v) is 5.05. The predicted molar refractivity (Wildman–Crippen MR) is 84.0 cm³/mol. The first-order valence-electron chi connectivity index (χ1n) is 5.80. The van der Waals surface area contributed by atoms with E-state index in [2.05, 4.69) is 37.6 Å². The fraction of sp³-hybridized carbons (Fsp3) is 0. The zero-order valence-electron chi connectivity index (χ0n) is 10.2. The summed E-state index contributed by atoms with van der Waals surface area (Å²) in [6, 6.07) is 14.0. The van der Waals surface area contributed by atoms with Crippen molar-refractivity contribution in [3.8, 4) is 11.1 Å². The van der Waals surface area contributed by atoms with Crippen molar-refractivity contribution in [2.75, 3.05) is 0 Å². The van der Waals surface area contributed by atoms with Crippen molar-refractivity contribution in [1.29, 1.82) is 0 Å². The summed E-state index contributed by atoms with van der Waals surface area (Å²) in [6.45, 7) is 0.